The summed E-state index contributed by atoms with van der Waals surface area (Å²) in [6.07, 6.45) is 5.13. The number of hydrogen-bond acceptors (Lipinski definition) is 6. The van der Waals surface area contributed by atoms with E-state index in [1.807, 2.05) is 0 Å². The molecular formula is C18H26N2O4S. The van der Waals surface area contributed by atoms with Crippen molar-refractivity contribution in [1.82, 2.24) is 4.90 Å². The number of fused-ring (bicyclic) bond motifs is 1. The number of methoxy groups -OCH3 is 1. The van der Waals surface area contributed by atoms with Gasteiger partial charge in [-0.3, -0.25) is 9.69 Å². The van der Waals surface area contributed by atoms with Gasteiger partial charge >= 0.3 is 5.97 Å². The Kier molecular flexibility index (Phi) is 6.09. The highest BCUT2D eigenvalue weighted by Gasteiger charge is 2.29. The Morgan fingerprint density at radius 1 is 1.28 bits per heavy atom. The first kappa shape index (κ1) is 18.4. The van der Waals surface area contributed by atoms with Crippen LogP contribution in [0.4, 0.5) is 5.00 Å². The molecule has 1 aliphatic carbocycles. The second-order valence-corrected chi connectivity index (χ2v) is 7.65. The average molecular weight is 366 g/mol. The number of likely N-dealkylation sites (tertiary alicyclic amines) is 1. The van der Waals surface area contributed by atoms with Crippen LogP contribution in [0.5, 0.6) is 0 Å². The lowest BCUT2D eigenvalue weighted by Crippen LogP contribution is -2.41. The van der Waals surface area contributed by atoms with Crippen molar-refractivity contribution in [3.63, 3.8) is 0 Å². The van der Waals surface area contributed by atoms with Gasteiger partial charge in [0.15, 0.2) is 0 Å². The van der Waals surface area contributed by atoms with Crippen molar-refractivity contribution in [2.45, 2.75) is 45.1 Å². The van der Waals surface area contributed by atoms with Gasteiger partial charge in [0.05, 0.1) is 24.8 Å². The summed E-state index contributed by atoms with van der Waals surface area (Å²) in [6, 6.07) is 0. The third-order valence-corrected chi connectivity index (χ3v) is 6.10. The van der Waals surface area contributed by atoms with Gasteiger partial charge in [-0.25, -0.2) is 4.79 Å². The minimum absolute atomic E-state index is 0.0682. The van der Waals surface area contributed by atoms with Crippen LogP contribution in [-0.2, 0) is 27.1 Å². The maximum atomic E-state index is 12.5. The van der Waals surface area contributed by atoms with Gasteiger partial charge in [-0.15, -0.1) is 11.3 Å². The maximum absolute atomic E-state index is 12.5. The lowest BCUT2D eigenvalue weighted by Gasteiger charge is -2.30. The van der Waals surface area contributed by atoms with Gasteiger partial charge in [-0.1, -0.05) is 0 Å². The summed E-state index contributed by atoms with van der Waals surface area (Å²) in [4.78, 5) is 28.1. The SMILES string of the molecule is CCOC(=O)c1c(NC(=O)CN2CCC(OC)CC2)sc2c1CCC2. The summed E-state index contributed by atoms with van der Waals surface area (Å²) in [7, 11) is 1.74. The molecular weight excluding hydrogens is 340 g/mol. The van der Waals surface area contributed by atoms with Crippen LogP contribution in [0.25, 0.3) is 0 Å². The Morgan fingerprint density at radius 2 is 2.04 bits per heavy atom. The third-order valence-electron chi connectivity index (χ3n) is 4.89. The normalized spacial score (nSPS) is 18.2. The third kappa shape index (κ3) is 4.22. The summed E-state index contributed by atoms with van der Waals surface area (Å²) >= 11 is 1.53. The zero-order chi connectivity index (χ0) is 17.8. The van der Waals surface area contributed by atoms with E-state index < -0.39 is 0 Å². The zero-order valence-corrected chi connectivity index (χ0v) is 15.7. The van der Waals surface area contributed by atoms with Gasteiger partial charge < -0.3 is 14.8 Å². The van der Waals surface area contributed by atoms with Crippen molar-refractivity contribution in [2.75, 3.05) is 38.7 Å². The molecule has 2 heterocycles. The molecule has 0 unspecified atom stereocenters. The number of ether oxygens (including phenoxy) is 2. The van der Waals surface area contributed by atoms with E-state index in [1.54, 1.807) is 14.0 Å². The number of nitrogens with one attached hydrogen (secondary N) is 1. The van der Waals surface area contributed by atoms with Gasteiger partial charge in [0, 0.05) is 25.1 Å². The summed E-state index contributed by atoms with van der Waals surface area (Å²) < 4.78 is 10.6. The van der Waals surface area contributed by atoms with E-state index in [2.05, 4.69) is 10.2 Å². The zero-order valence-electron chi connectivity index (χ0n) is 14.9. The van der Waals surface area contributed by atoms with Crippen molar-refractivity contribution >= 4 is 28.2 Å². The highest BCUT2D eigenvalue weighted by Crippen LogP contribution is 2.39. The summed E-state index contributed by atoms with van der Waals surface area (Å²) in [5.74, 6) is -0.389. The predicted octanol–water partition coefficient (Wildman–Crippen LogP) is 2.46. The van der Waals surface area contributed by atoms with Crippen LogP contribution in [0.3, 0.4) is 0 Å². The number of thiophene rings is 1. The van der Waals surface area contributed by atoms with Crippen LogP contribution in [-0.4, -0.2) is 56.2 Å². The van der Waals surface area contributed by atoms with Gasteiger partial charge in [0.2, 0.25) is 5.91 Å². The predicted molar refractivity (Wildman–Crippen MR) is 97.4 cm³/mol. The quantitative estimate of drug-likeness (QED) is 0.784. The minimum Gasteiger partial charge on any atom is -0.462 e. The number of nitrogens with zero attached hydrogens (tertiary/aromatic N) is 1. The number of hydrogen-bond donors (Lipinski definition) is 1. The molecule has 0 atom stereocenters. The lowest BCUT2D eigenvalue weighted by molar-refractivity contribution is -0.117. The number of piperidine rings is 1. The molecule has 1 aliphatic heterocycles. The Labute approximate surface area is 152 Å². The molecule has 0 aromatic carbocycles. The van der Waals surface area contributed by atoms with Crippen molar-refractivity contribution < 1.29 is 19.1 Å². The van der Waals surface area contributed by atoms with E-state index in [0.29, 0.717) is 29.8 Å². The summed E-state index contributed by atoms with van der Waals surface area (Å²) in [6.45, 7) is 4.20. The van der Waals surface area contributed by atoms with Gasteiger partial charge in [0.1, 0.15) is 5.00 Å². The molecule has 0 spiro atoms. The van der Waals surface area contributed by atoms with E-state index in [0.717, 1.165) is 50.8 Å². The molecule has 1 amide bonds. The smallest absolute Gasteiger partial charge is 0.341 e. The van der Waals surface area contributed by atoms with Crippen LogP contribution in [0.2, 0.25) is 0 Å². The summed E-state index contributed by atoms with van der Waals surface area (Å²) in [5, 5.41) is 3.61. The van der Waals surface area contributed by atoms with Crippen molar-refractivity contribution in [2.24, 2.45) is 0 Å². The molecule has 6 nitrogen and oxygen atoms in total. The Bertz CT molecular complexity index is 635. The number of anilines is 1. The largest absolute Gasteiger partial charge is 0.462 e. The Balaban J connectivity index is 1.64. The van der Waals surface area contributed by atoms with Crippen molar-refractivity contribution in [3.8, 4) is 0 Å². The molecule has 0 radical (unpaired) electrons. The van der Waals surface area contributed by atoms with E-state index >= 15 is 0 Å². The molecule has 1 N–H and O–H groups in total. The van der Waals surface area contributed by atoms with Crippen molar-refractivity contribution in [1.29, 1.82) is 0 Å². The molecule has 1 aromatic rings. The highest BCUT2D eigenvalue weighted by atomic mass is 32.1. The van der Waals surface area contributed by atoms with Crippen LogP contribution in [0, 0.1) is 0 Å². The monoisotopic (exact) mass is 366 g/mol. The van der Waals surface area contributed by atoms with Crippen LogP contribution in [0.15, 0.2) is 0 Å². The highest BCUT2D eigenvalue weighted by molar-refractivity contribution is 7.17. The minimum atomic E-state index is -0.321. The maximum Gasteiger partial charge on any atom is 0.341 e. The van der Waals surface area contributed by atoms with E-state index in [4.69, 9.17) is 9.47 Å². The Morgan fingerprint density at radius 3 is 2.72 bits per heavy atom. The first-order valence-electron chi connectivity index (χ1n) is 8.99. The molecule has 1 aromatic heterocycles. The fourth-order valence-corrected chi connectivity index (χ4v) is 4.88. The number of amides is 1. The second kappa shape index (κ2) is 8.29. The second-order valence-electron chi connectivity index (χ2n) is 6.54. The Hall–Kier alpha value is -1.44. The van der Waals surface area contributed by atoms with Gasteiger partial charge in [0.25, 0.3) is 0 Å². The number of carbonyl (C=O) groups excluding carboxylic acids is 2. The average Bonchev–Trinajstić information content (AvgIpc) is 3.16. The molecule has 1 fully saturated rings. The van der Waals surface area contributed by atoms with Crippen molar-refractivity contribution in [3.05, 3.63) is 16.0 Å². The standard InChI is InChI=1S/C18H26N2O4S/c1-3-24-18(22)16-13-5-4-6-14(13)25-17(16)19-15(21)11-20-9-7-12(23-2)8-10-20/h12H,3-11H2,1-2H3,(H,19,21). The van der Waals surface area contributed by atoms with Gasteiger partial charge in [-0.2, -0.15) is 0 Å². The fourth-order valence-electron chi connectivity index (χ4n) is 3.58. The van der Waals surface area contributed by atoms with Crippen LogP contribution < -0.4 is 5.32 Å². The number of esters is 1. The van der Waals surface area contributed by atoms with E-state index in [-0.39, 0.29) is 11.9 Å². The fraction of sp³-hybridized carbons (Fsp3) is 0.667. The summed E-state index contributed by atoms with van der Waals surface area (Å²) in [5.41, 5.74) is 1.64. The molecule has 2 aliphatic rings. The molecule has 0 bridgehead atoms. The molecule has 3 rings (SSSR count). The number of rotatable bonds is 6. The van der Waals surface area contributed by atoms with Crippen LogP contribution in [0.1, 0.15) is 47.0 Å². The first-order valence-corrected chi connectivity index (χ1v) is 9.80. The number of aryl methyl sites for hydroxylation is 1. The van der Waals surface area contributed by atoms with E-state index in [9.17, 15) is 9.59 Å². The van der Waals surface area contributed by atoms with E-state index in [1.165, 1.54) is 16.2 Å². The molecule has 7 heteroatoms. The topological polar surface area (TPSA) is 67.9 Å². The van der Waals surface area contributed by atoms with Crippen LogP contribution >= 0.6 is 11.3 Å². The number of carbonyl (C=O) groups is 2. The molecule has 138 valence electrons. The first-order chi connectivity index (χ1) is 12.1. The lowest BCUT2D eigenvalue weighted by atomic mass is 10.1. The molecule has 25 heavy (non-hydrogen) atoms. The molecule has 0 saturated carbocycles. The molecule has 1 saturated heterocycles. The van der Waals surface area contributed by atoms with Gasteiger partial charge in [-0.05, 0) is 44.6 Å².